The van der Waals surface area contributed by atoms with E-state index in [1.54, 1.807) is 0 Å². The van der Waals surface area contributed by atoms with Crippen molar-refractivity contribution in [2.24, 2.45) is 4.99 Å². The molecule has 5 heteroatoms. The summed E-state index contributed by atoms with van der Waals surface area (Å²) in [5.41, 5.74) is 1.24. The van der Waals surface area contributed by atoms with Gasteiger partial charge in [0.2, 0.25) is 0 Å². The Kier molecular flexibility index (Phi) is 9.27. The van der Waals surface area contributed by atoms with E-state index in [0.717, 1.165) is 44.3 Å². The van der Waals surface area contributed by atoms with Crippen molar-refractivity contribution in [3.8, 4) is 5.75 Å². The molecule has 1 aliphatic rings. The normalized spacial score (nSPS) is 14.6. The number of nitrogens with zero attached hydrogens (tertiary/aromatic N) is 2. The van der Waals surface area contributed by atoms with Gasteiger partial charge in [0.15, 0.2) is 5.96 Å². The fraction of sp³-hybridized carbons (Fsp3) is 0.588. The molecule has 1 aromatic rings. The number of rotatable bonds is 6. The maximum absolute atomic E-state index is 5.67. The van der Waals surface area contributed by atoms with Crippen molar-refractivity contribution in [2.45, 2.75) is 33.1 Å². The van der Waals surface area contributed by atoms with Crippen LogP contribution in [-0.2, 0) is 6.42 Å². The number of nitrogens with one attached hydrogen (secondary N) is 1. The molecular weight excluding hydrogens is 389 g/mol. The van der Waals surface area contributed by atoms with Gasteiger partial charge in [-0.1, -0.05) is 18.2 Å². The van der Waals surface area contributed by atoms with Gasteiger partial charge in [-0.05, 0) is 44.7 Å². The van der Waals surface area contributed by atoms with Crippen molar-refractivity contribution in [1.82, 2.24) is 10.2 Å². The summed E-state index contributed by atoms with van der Waals surface area (Å²) in [6.07, 6.45) is 3.47. The van der Waals surface area contributed by atoms with Gasteiger partial charge in [-0.3, -0.25) is 4.99 Å². The SMILES string of the molecule is CCNC(=NCCc1ccccc1OCC)N1CCCC1.I. The van der Waals surface area contributed by atoms with E-state index in [0.29, 0.717) is 6.61 Å². The highest BCUT2D eigenvalue weighted by Gasteiger charge is 2.15. The van der Waals surface area contributed by atoms with E-state index in [2.05, 4.69) is 29.3 Å². The highest BCUT2D eigenvalue weighted by atomic mass is 127. The number of likely N-dealkylation sites (tertiary alicyclic amines) is 1. The van der Waals surface area contributed by atoms with Crippen molar-refractivity contribution in [2.75, 3.05) is 32.8 Å². The summed E-state index contributed by atoms with van der Waals surface area (Å²) in [5.74, 6) is 2.05. The third-order valence-corrected chi connectivity index (χ3v) is 3.66. The first-order valence-electron chi connectivity index (χ1n) is 8.09. The molecule has 0 amide bonds. The van der Waals surface area contributed by atoms with Crippen LogP contribution in [0.3, 0.4) is 0 Å². The van der Waals surface area contributed by atoms with E-state index in [4.69, 9.17) is 9.73 Å². The summed E-state index contributed by atoms with van der Waals surface area (Å²) < 4.78 is 5.67. The van der Waals surface area contributed by atoms with E-state index in [1.165, 1.54) is 18.4 Å². The Morgan fingerprint density at radius 2 is 1.95 bits per heavy atom. The molecule has 1 fully saturated rings. The molecule has 0 radical (unpaired) electrons. The molecule has 2 rings (SSSR count). The Labute approximate surface area is 151 Å². The van der Waals surface area contributed by atoms with Crippen LogP contribution in [0, 0.1) is 0 Å². The molecule has 1 heterocycles. The molecule has 0 atom stereocenters. The maximum Gasteiger partial charge on any atom is 0.193 e. The second-order valence-electron chi connectivity index (χ2n) is 5.22. The third kappa shape index (κ3) is 5.66. The third-order valence-electron chi connectivity index (χ3n) is 3.66. The molecule has 1 aromatic carbocycles. The smallest absolute Gasteiger partial charge is 0.193 e. The van der Waals surface area contributed by atoms with Crippen molar-refractivity contribution < 1.29 is 4.74 Å². The number of hydrogen-bond acceptors (Lipinski definition) is 2. The van der Waals surface area contributed by atoms with Crippen molar-refractivity contribution >= 4 is 29.9 Å². The average molecular weight is 417 g/mol. The zero-order valence-electron chi connectivity index (χ0n) is 13.7. The molecule has 0 saturated carbocycles. The van der Waals surface area contributed by atoms with Gasteiger partial charge >= 0.3 is 0 Å². The van der Waals surface area contributed by atoms with Crippen LogP contribution >= 0.6 is 24.0 Å². The van der Waals surface area contributed by atoms with Gasteiger partial charge in [-0.2, -0.15) is 0 Å². The predicted octanol–water partition coefficient (Wildman–Crippen LogP) is 3.31. The highest BCUT2D eigenvalue weighted by molar-refractivity contribution is 14.0. The van der Waals surface area contributed by atoms with E-state index in [9.17, 15) is 0 Å². The zero-order chi connectivity index (χ0) is 14.9. The molecule has 0 aliphatic carbocycles. The molecule has 0 spiro atoms. The Hall–Kier alpha value is -0.980. The van der Waals surface area contributed by atoms with E-state index >= 15 is 0 Å². The number of guanidine groups is 1. The molecule has 22 heavy (non-hydrogen) atoms. The number of benzene rings is 1. The van der Waals surface area contributed by atoms with Crippen molar-refractivity contribution in [3.05, 3.63) is 29.8 Å². The van der Waals surface area contributed by atoms with Gasteiger partial charge < -0.3 is 15.0 Å². The summed E-state index contributed by atoms with van der Waals surface area (Å²) >= 11 is 0. The predicted molar refractivity (Wildman–Crippen MR) is 104 cm³/mol. The first kappa shape index (κ1) is 19.1. The molecule has 1 saturated heterocycles. The number of halogens is 1. The summed E-state index contributed by atoms with van der Waals surface area (Å²) in [5, 5.41) is 3.40. The fourth-order valence-corrected chi connectivity index (χ4v) is 2.64. The second-order valence-corrected chi connectivity index (χ2v) is 5.22. The minimum atomic E-state index is 0. The quantitative estimate of drug-likeness (QED) is 0.439. The largest absolute Gasteiger partial charge is 0.494 e. The first-order valence-corrected chi connectivity index (χ1v) is 8.09. The van der Waals surface area contributed by atoms with Gasteiger partial charge in [0.25, 0.3) is 0 Å². The lowest BCUT2D eigenvalue weighted by Crippen LogP contribution is -2.39. The first-order chi connectivity index (χ1) is 10.3. The summed E-state index contributed by atoms with van der Waals surface area (Å²) in [6.45, 7) is 8.81. The number of ether oxygens (including phenoxy) is 1. The molecule has 1 aliphatic heterocycles. The Morgan fingerprint density at radius 3 is 2.64 bits per heavy atom. The molecule has 0 unspecified atom stereocenters. The van der Waals surface area contributed by atoms with Crippen molar-refractivity contribution in [3.63, 3.8) is 0 Å². The van der Waals surface area contributed by atoms with Crippen LogP contribution in [0.2, 0.25) is 0 Å². The maximum atomic E-state index is 5.67. The Bertz CT molecular complexity index is 459. The minimum Gasteiger partial charge on any atom is -0.494 e. The fourth-order valence-electron chi connectivity index (χ4n) is 2.64. The molecule has 1 N–H and O–H groups in total. The van der Waals surface area contributed by atoms with Crippen LogP contribution in [0.5, 0.6) is 5.75 Å². The second kappa shape index (κ2) is 10.7. The van der Waals surface area contributed by atoms with Gasteiger partial charge in [0, 0.05) is 26.2 Å². The Morgan fingerprint density at radius 1 is 1.23 bits per heavy atom. The van der Waals surface area contributed by atoms with E-state index < -0.39 is 0 Å². The van der Waals surface area contributed by atoms with Crippen LogP contribution < -0.4 is 10.1 Å². The monoisotopic (exact) mass is 417 g/mol. The van der Waals surface area contributed by atoms with Crippen LogP contribution in [0.25, 0.3) is 0 Å². The molecule has 4 nitrogen and oxygen atoms in total. The lowest BCUT2D eigenvalue weighted by atomic mass is 10.1. The van der Waals surface area contributed by atoms with Gasteiger partial charge in [0.05, 0.1) is 6.61 Å². The minimum absolute atomic E-state index is 0. The zero-order valence-corrected chi connectivity index (χ0v) is 16.0. The summed E-state index contributed by atoms with van der Waals surface area (Å²) in [7, 11) is 0. The van der Waals surface area contributed by atoms with E-state index in [-0.39, 0.29) is 24.0 Å². The van der Waals surface area contributed by atoms with Crippen LogP contribution in [0.1, 0.15) is 32.3 Å². The summed E-state index contributed by atoms with van der Waals surface area (Å²) in [4.78, 5) is 7.13. The van der Waals surface area contributed by atoms with Crippen LogP contribution in [-0.4, -0.2) is 43.6 Å². The van der Waals surface area contributed by atoms with Crippen LogP contribution in [0.4, 0.5) is 0 Å². The van der Waals surface area contributed by atoms with Crippen LogP contribution in [0.15, 0.2) is 29.3 Å². The van der Waals surface area contributed by atoms with Gasteiger partial charge in [0.1, 0.15) is 5.75 Å². The number of para-hydroxylation sites is 1. The van der Waals surface area contributed by atoms with E-state index in [1.807, 2.05) is 19.1 Å². The Balaban J connectivity index is 0.00000242. The lowest BCUT2D eigenvalue weighted by molar-refractivity contribution is 0.336. The number of hydrogen-bond donors (Lipinski definition) is 1. The topological polar surface area (TPSA) is 36.9 Å². The molecule has 124 valence electrons. The molecular formula is C17H28IN3O. The summed E-state index contributed by atoms with van der Waals surface area (Å²) in [6, 6.07) is 8.25. The average Bonchev–Trinajstić information content (AvgIpc) is 3.02. The van der Waals surface area contributed by atoms with Crippen molar-refractivity contribution in [1.29, 1.82) is 0 Å². The standard InChI is InChI=1S/C17H27N3O.HI/c1-3-18-17(20-13-7-8-14-20)19-12-11-15-9-5-6-10-16(15)21-4-2;/h5-6,9-10H,3-4,7-8,11-14H2,1-2H3,(H,18,19);1H. The van der Waals surface area contributed by atoms with Gasteiger partial charge in [-0.15, -0.1) is 24.0 Å². The molecule has 0 aromatic heterocycles. The molecule has 0 bridgehead atoms. The van der Waals surface area contributed by atoms with Gasteiger partial charge in [-0.25, -0.2) is 0 Å². The number of aliphatic imine (C=N–C) groups is 1. The lowest BCUT2D eigenvalue weighted by Gasteiger charge is -2.20. The highest BCUT2D eigenvalue weighted by Crippen LogP contribution is 2.18.